The van der Waals surface area contributed by atoms with E-state index in [1.54, 1.807) is 0 Å². The Morgan fingerprint density at radius 2 is 2.00 bits per heavy atom. The molecule has 0 spiro atoms. The maximum Gasteiger partial charge on any atom is 0.304 e. The summed E-state index contributed by atoms with van der Waals surface area (Å²) in [6, 6.07) is 6.46. The molecule has 0 fully saturated rings. The molecule has 86 valence electrons. The van der Waals surface area contributed by atoms with E-state index in [1.165, 1.54) is 24.0 Å². The fourth-order valence-electron chi connectivity index (χ4n) is 2.47. The number of fused-ring (bicyclic) bond motifs is 1. The van der Waals surface area contributed by atoms with Gasteiger partial charge in [0, 0.05) is 5.41 Å². The van der Waals surface area contributed by atoms with E-state index in [1.807, 2.05) is 13.8 Å². The normalized spacial score (nSPS) is 14.9. The molecule has 1 aliphatic rings. The maximum atomic E-state index is 10.8. The van der Waals surface area contributed by atoms with Gasteiger partial charge in [-0.2, -0.15) is 0 Å². The van der Waals surface area contributed by atoms with Crippen LogP contribution in [0.25, 0.3) is 0 Å². The zero-order valence-corrected chi connectivity index (χ0v) is 9.92. The SMILES string of the molecule is CC(C)(CC(=O)O)c1ccc2c(c1)CCC2. The van der Waals surface area contributed by atoms with Crippen LogP contribution in [0.4, 0.5) is 0 Å². The molecule has 0 amide bonds. The van der Waals surface area contributed by atoms with Gasteiger partial charge in [-0.15, -0.1) is 0 Å². The number of aliphatic carboxylic acids is 1. The second kappa shape index (κ2) is 3.93. The van der Waals surface area contributed by atoms with E-state index >= 15 is 0 Å². The third kappa shape index (κ3) is 2.11. The van der Waals surface area contributed by atoms with Gasteiger partial charge in [0.05, 0.1) is 6.42 Å². The molecule has 0 unspecified atom stereocenters. The maximum absolute atomic E-state index is 10.8. The van der Waals surface area contributed by atoms with Crippen LogP contribution in [0.2, 0.25) is 0 Å². The summed E-state index contributed by atoms with van der Waals surface area (Å²) in [7, 11) is 0. The molecule has 0 aromatic heterocycles. The number of aryl methyl sites for hydroxylation is 2. The van der Waals surface area contributed by atoms with E-state index in [0.29, 0.717) is 0 Å². The Bertz CT molecular complexity index is 419. The van der Waals surface area contributed by atoms with Crippen LogP contribution in [0.15, 0.2) is 18.2 Å². The summed E-state index contributed by atoms with van der Waals surface area (Å²) < 4.78 is 0. The fourth-order valence-corrected chi connectivity index (χ4v) is 2.47. The molecule has 2 heteroatoms. The van der Waals surface area contributed by atoms with Crippen molar-refractivity contribution in [3.8, 4) is 0 Å². The summed E-state index contributed by atoms with van der Waals surface area (Å²) in [6.45, 7) is 4.00. The summed E-state index contributed by atoms with van der Waals surface area (Å²) in [5, 5.41) is 8.90. The molecule has 1 aliphatic carbocycles. The van der Waals surface area contributed by atoms with Crippen LogP contribution in [0, 0.1) is 0 Å². The molecule has 2 nitrogen and oxygen atoms in total. The van der Waals surface area contributed by atoms with Crippen LogP contribution < -0.4 is 0 Å². The first-order chi connectivity index (χ1) is 7.49. The van der Waals surface area contributed by atoms with Gasteiger partial charge in [-0.3, -0.25) is 4.79 Å². The fraction of sp³-hybridized carbons (Fsp3) is 0.500. The van der Waals surface area contributed by atoms with Crippen molar-refractivity contribution in [3.63, 3.8) is 0 Å². The minimum absolute atomic E-state index is 0.186. The van der Waals surface area contributed by atoms with Crippen molar-refractivity contribution < 1.29 is 9.90 Å². The summed E-state index contributed by atoms with van der Waals surface area (Å²) in [5.74, 6) is -0.731. The van der Waals surface area contributed by atoms with E-state index in [4.69, 9.17) is 5.11 Å². The van der Waals surface area contributed by atoms with Gasteiger partial charge in [-0.1, -0.05) is 32.0 Å². The van der Waals surface area contributed by atoms with E-state index in [-0.39, 0.29) is 11.8 Å². The Labute approximate surface area is 96.3 Å². The molecule has 0 radical (unpaired) electrons. The van der Waals surface area contributed by atoms with Crippen LogP contribution in [0.3, 0.4) is 0 Å². The molecule has 0 saturated heterocycles. The topological polar surface area (TPSA) is 37.3 Å². The average Bonchev–Trinajstić information content (AvgIpc) is 2.61. The number of rotatable bonds is 3. The van der Waals surface area contributed by atoms with Crippen molar-refractivity contribution in [2.75, 3.05) is 0 Å². The third-order valence-electron chi connectivity index (χ3n) is 3.47. The molecule has 16 heavy (non-hydrogen) atoms. The van der Waals surface area contributed by atoms with E-state index in [2.05, 4.69) is 18.2 Å². The standard InChI is InChI=1S/C14H18O2/c1-14(2,9-13(15)16)12-7-6-10-4-3-5-11(10)8-12/h6-8H,3-5,9H2,1-2H3,(H,15,16). The molecular weight excluding hydrogens is 200 g/mol. The van der Waals surface area contributed by atoms with Gasteiger partial charge in [-0.25, -0.2) is 0 Å². The van der Waals surface area contributed by atoms with E-state index < -0.39 is 5.97 Å². The number of benzene rings is 1. The molecular formula is C14H18O2. The van der Waals surface area contributed by atoms with Gasteiger partial charge in [0.1, 0.15) is 0 Å². The van der Waals surface area contributed by atoms with Crippen molar-refractivity contribution >= 4 is 5.97 Å². The Balaban J connectivity index is 2.30. The first-order valence-electron chi connectivity index (χ1n) is 5.83. The van der Waals surface area contributed by atoms with Crippen LogP contribution in [-0.2, 0) is 23.1 Å². The van der Waals surface area contributed by atoms with E-state index in [9.17, 15) is 4.79 Å². The highest BCUT2D eigenvalue weighted by Gasteiger charge is 2.25. The average molecular weight is 218 g/mol. The summed E-state index contributed by atoms with van der Waals surface area (Å²) in [5.41, 5.74) is 3.73. The molecule has 0 aliphatic heterocycles. The lowest BCUT2D eigenvalue weighted by Crippen LogP contribution is -2.21. The molecule has 1 aromatic carbocycles. The van der Waals surface area contributed by atoms with Crippen molar-refractivity contribution in [2.45, 2.75) is 44.9 Å². The zero-order chi connectivity index (χ0) is 11.8. The zero-order valence-electron chi connectivity index (χ0n) is 9.92. The van der Waals surface area contributed by atoms with Crippen molar-refractivity contribution in [2.24, 2.45) is 0 Å². The minimum atomic E-state index is -0.731. The van der Waals surface area contributed by atoms with Crippen LogP contribution in [-0.4, -0.2) is 11.1 Å². The second-order valence-electron chi connectivity index (χ2n) is 5.29. The Morgan fingerprint density at radius 3 is 2.69 bits per heavy atom. The molecule has 0 bridgehead atoms. The number of hydrogen-bond donors (Lipinski definition) is 1. The number of carboxylic acid groups (broad SMARTS) is 1. The minimum Gasteiger partial charge on any atom is -0.481 e. The number of carboxylic acids is 1. The molecule has 1 aromatic rings. The van der Waals surface area contributed by atoms with Crippen molar-refractivity contribution in [1.29, 1.82) is 0 Å². The van der Waals surface area contributed by atoms with Crippen molar-refractivity contribution in [3.05, 3.63) is 34.9 Å². The molecule has 1 N–H and O–H groups in total. The van der Waals surface area contributed by atoms with Gasteiger partial charge in [0.2, 0.25) is 0 Å². The predicted molar refractivity (Wildman–Crippen MR) is 63.7 cm³/mol. The second-order valence-corrected chi connectivity index (χ2v) is 5.29. The van der Waals surface area contributed by atoms with Crippen molar-refractivity contribution in [1.82, 2.24) is 0 Å². The number of hydrogen-bond acceptors (Lipinski definition) is 1. The Morgan fingerprint density at radius 1 is 1.31 bits per heavy atom. The van der Waals surface area contributed by atoms with Crippen LogP contribution in [0.1, 0.15) is 43.4 Å². The Hall–Kier alpha value is -1.31. The van der Waals surface area contributed by atoms with Crippen LogP contribution in [0.5, 0.6) is 0 Å². The molecule has 0 atom stereocenters. The predicted octanol–water partition coefficient (Wildman–Crippen LogP) is 2.93. The highest BCUT2D eigenvalue weighted by atomic mass is 16.4. The highest BCUT2D eigenvalue weighted by molar-refractivity contribution is 5.69. The highest BCUT2D eigenvalue weighted by Crippen LogP contribution is 2.31. The smallest absolute Gasteiger partial charge is 0.304 e. The van der Waals surface area contributed by atoms with Gasteiger partial charge >= 0.3 is 5.97 Å². The van der Waals surface area contributed by atoms with E-state index in [0.717, 1.165) is 12.0 Å². The third-order valence-corrected chi connectivity index (χ3v) is 3.47. The molecule has 2 rings (SSSR count). The van der Waals surface area contributed by atoms with Crippen LogP contribution >= 0.6 is 0 Å². The lowest BCUT2D eigenvalue weighted by Gasteiger charge is -2.23. The van der Waals surface area contributed by atoms with Gasteiger partial charge in [0.25, 0.3) is 0 Å². The molecule has 0 saturated carbocycles. The number of carbonyl (C=O) groups is 1. The first kappa shape index (κ1) is 11.2. The summed E-state index contributed by atoms with van der Waals surface area (Å²) >= 11 is 0. The largest absolute Gasteiger partial charge is 0.481 e. The lowest BCUT2D eigenvalue weighted by molar-refractivity contribution is -0.138. The summed E-state index contributed by atoms with van der Waals surface area (Å²) in [4.78, 5) is 10.8. The molecule has 0 heterocycles. The van der Waals surface area contributed by atoms with Gasteiger partial charge in [0.15, 0.2) is 0 Å². The first-order valence-corrected chi connectivity index (χ1v) is 5.83. The van der Waals surface area contributed by atoms with Gasteiger partial charge in [-0.05, 0) is 36.0 Å². The quantitative estimate of drug-likeness (QED) is 0.847. The Kier molecular flexibility index (Phi) is 2.75. The monoisotopic (exact) mass is 218 g/mol. The lowest BCUT2D eigenvalue weighted by atomic mass is 9.80. The summed E-state index contributed by atoms with van der Waals surface area (Å²) in [6.07, 6.45) is 3.74. The van der Waals surface area contributed by atoms with Gasteiger partial charge < -0.3 is 5.11 Å².